The largest absolute Gasteiger partial charge is 0.493 e. The van der Waals surface area contributed by atoms with E-state index < -0.39 is 0 Å². The van der Waals surface area contributed by atoms with Crippen molar-refractivity contribution in [1.29, 1.82) is 0 Å². The fraction of sp³-hybridized carbons (Fsp3) is 0.435. The van der Waals surface area contributed by atoms with Crippen LogP contribution < -0.4 is 14.8 Å². The van der Waals surface area contributed by atoms with Crippen LogP contribution in [0.25, 0.3) is 0 Å². The smallest absolute Gasteiger partial charge is 0.238 e. The van der Waals surface area contributed by atoms with E-state index in [0.29, 0.717) is 12.5 Å². The third kappa shape index (κ3) is 4.65. The molecular weight excluding hydrogens is 352 g/mol. The second kappa shape index (κ2) is 9.11. The predicted octanol–water partition coefficient (Wildman–Crippen LogP) is 4.21. The van der Waals surface area contributed by atoms with E-state index in [0.717, 1.165) is 43.1 Å². The Kier molecular flexibility index (Phi) is 6.57. The Morgan fingerprint density at radius 1 is 1.11 bits per heavy atom. The van der Waals surface area contributed by atoms with Gasteiger partial charge in [-0.3, -0.25) is 9.69 Å². The van der Waals surface area contributed by atoms with Crippen LogP contribution in [-0.2, 0) is 17.8 Å². The van der Waals surface area contributed by atoms with Crippen molar-refractivity contribution in [2.45, 2.75) is 39.2 Å². The zero-order valence-electron chi connectivity index (χ0n) is 17.2. The van der Waals surface area contributed by atoms with Crippen LogP contribution in [0.2, 0.25) is 0 Å². The third-order valence-electron chi connectivity index (χ3n) is 5.54. The maximum atomic E-state index is 12.5. The Labute approximate surface area is 167 Å². The van der Waals surface area contributed by atoms with Crippen LogP contribution >= 0.6 is 0 Å². The van der Waals surface area contributed by atoms with Gasteiger partial charge in [0, 0.05) is 18.8 Å². The number of methoxy groups -OCH3 is 2. The molecule has 0 spiro atoms. The molecule has 0 fully saturated rings. The fourth-order valence-corrected chi connectivity index (χ4v) is 3.61. The van der Waals surface area contributed by atoms with Gasteiger partial charge in [-0.15, -0.1) is 0 Å². The molecule has 0 radical (unpaired) electrons. The van der Waals surface area contributed by atoms with Gasteiger partial charge in [0.1, 0.15) is 0 Å². The molecule has 2 aromatic carbocycles. The molecule has 0 aliphatic carbocycles. The van der Waals surface area contributed by atoms with Crippen molar-refractivity contribution < 1.29 is 14.3 Å². The summed E-state index contributed by atoms with van der Waals surface area (Å²) in [5, 5.41) is 3.01. The molecule has 0 bridgehead atoms. The zero-order chi connectivity index (χ0) is 20.1. The van der Waals surface area contributed by atoms with Gasteiger partial charge in [-0.25, -0.2) is 0 Å². The van der Waals surface area contributed by atoms with Gasteiger partial charge in [-0.2, -0.15) is 0 Å². The molecule has 3 rings (SSSR count). The summed E-state index contributed by atoms with van der Waals surface area (Å²) < 4.78 is 10.8. The van der Waals surface area contributed by atoms with Crippen LogP contribution in [0.1, 0.15) is 42.9 Å². The van der Waals surface area contributed by atoms with Gasteiger partial charge in [0.05, 0.1) is 20.8 Å². The highest BCUT2D eigenvalue weighted by Crippen LogP contribution is 2.33. The Morgan fingerprint density at radius 3 is 2.36 bits per heavy atom. The number of ether oxygens (including phenoxy) is 2. The summed E-state index contributed by atoms with van der Waals surface area (Å²) in [5.41, 5.74) is 4.60. The number of amides is 1. The second-order valence-electron chi connectivity index (χ2n) is 7.42. The lowest BCUT2D eigenvalue weighted by Gasteiger charge is -2.29. The Bertz CT molecular complexity index is 817. The van der Waals surface area contributed by atoms with Crippen molar-refractivity contribution in [1.82, 2.24) is 4.90 Å². The normalized spacial score (nSPS) is 14.9. The van der Waals surface area contributed by atoms with Gasteiger partial charge in [-0.1, -0.05) is 26.0 Å². The van der Waals surface area contributed by atoms with Gasteiger partial charge < -0.3 is 14.8 Å². The molecule has 1 amide bonds. The molecule has 0 aromatic heterocycles. The van der Waals surface area contributed by atoms with Crippen LogP contribution in [0.5, 0.6) is 11.5 Å². The number of hydrogen-bond donors (Lipinski definition) is 1. The summed E-state index contributed by atoms with van der Waals surface area (Å²) in [6, 6.07) is 12.2. The lowest BCUT2D eigenvalue weighted by molar-refractivity contribution is -0.117. The molecule has 1 N–H and O–H groups in total. The molecule has 150 valence electrons. The van der Waals surface area contributed by atoms with Crippen molar-refractivity contribution in [2.24, 2.45) is 0 Å². The van der Waals surface area contributed by atoms with Crippen LogP contribution in [-0.4, -0.2) is 38.1 Å². The molecule has 5 nitrogen and oxygen atoms in total. The average molecular weight is 383 g/mol. The summed E-state index contributed by atoms with van der Waals surface area (Å²) in [4.78, 5) is 14.7. The van der Waals surface area contributed by atoms with Crippen LogP contribution in [0.15, 0.2) is 36.4 Å². The molecule has 0 saturated heterocycles. The molecule has 1 atom stereocenters. The number of anilines is 1. The number of hydrogen-bond acceptors (Lipinski definition) is 4. The van der Waals surface area contributed by atoms with Gasteiger partial charge in [0.2, 0.25) is 5.91 Å². The summed E-state index contributed by atoms with van der Waals surface area (Å²) in [5.74, 6) is 2.04. The highest BCUT2D eigenvalue weighted by molar-refractivity contribution is 5.92. The lowest BCUT2D eigenvalue weighted by atomic mass is 9.98. The fourth-order valence-electron chi connectivity index (χ4n) is 3.61. The zero-order valence-corrected chi connectivity index (χ0v) is 17.2. The first kappa shape index (κ1) is 20.2. The van der Waals surface area contributed by atoms with Gasteiger partial charge in [0.25, 0.3) is 0 Å². The van der Waals surface area contributed by atoms with E-state index in [4.69, 9.17) is 9.47 Å². The minimum Gasteiger partial charge on any atom is -0.493 e. The van der Waals surface area contributed by atoms with E-state index in [1.807, 2.05) is 24.3 Å². The van der Waals surface area contributed by atoms with E-state index >= 15 is 0 Å². The van der Waals surface area contributed by atoms with Crippen LogP contribution in [0, 0.1) is 0 Å². The maximum Gasteiger partial charge on any atom is 0.238 e. The molecule has 0 saturated carbocycles. The Hall–Kier alpha value is -2.53. The van der Waals surface area contributed by atoms with E-state index in [1.165, 1.54) is 16.7 Å². The lowest BCUT2D eigenvalue weighted by Crippen LogP contribution is -2.37. The number of nitrogens with zero attached hydrogens (tertiary/aromatic N) is 1. The first-order valence-electron chi connectivity index (χ1n) is 9.90. The molecule has 28 heavy (non-hydrogen) atoms. The van der Waals surface area contributed by atoms with Crippen molar-refractivity contribution >= 4 is 11.6 Å². The Balaban J connectivity index is 1.60. The molecule has 0 unspecified atom stereocenters. The number of fused-ring (bicyclic) bond motifs is 1. The van der Waals surface area contributed by atoms with E-state index in [2.05, 4.69) is 36.2 Å². The minimum atomic E-state index is 0.0141. The van der Waals surface area contributed by atoms with Crippen LogP contribution in [0.3, 0.4) is 0 Å². The molecule has 1 aliphatic heterocycles. The molecule has 1 aliphatic rings. The van der Waals surface area contributed by atoms with E-state index in [9.17, 15) is 4.79 Å². The SMILES string of the molecule is CC[C@H](C)c1ccc(NC(=O)CN2CCc3cc(OC)c(OC)cc3C2)cc1. The minimum absolute atomic E-state index is 0.0141. The van der Waals surface area contributed by atoms with E-state index in [-0.39, 0.29) is 5.91 Å². The van der Waals surface area contributed by atoms with E-state index in [1.54, 1.807) is 14.2 Å². The quantitative estimate of drug-likeness (QED) is 0.779. The molecular formula is C23H30N2O3. The first-order chi connectivity index (χ1) is 13.5. The number of nitrogens with one attached hydrogen (secondary N) is 1. The van der Waals surface area contributed by atoms with Crippen molar-refractivity contribution in [2.75, 3.05) is 32.6 Å². The summed E-state index contributed by atoms with van der Waals surface area (Å²) in [6.07, 6.45) is 2.01. The summed E-state index contributed by atoms with van der Waals surface area (Å²) in [7, 11) is 3.30. The number of benzene rings is 2. The van der Waals surface area contributed by atoms with Gasteiger partial charge in [-0.05, 0) is 59.7 Å². The first-order valence-corrected chi connectivity index (χ1v) is 9.90. The highest BCUT2D eigenvalue weighted by atomic mass is 16.5. The predicted molar refractivity (Wildman–Crippen MR) is 112 cm³/mol. The average Bonchev–Trinajstić information content (AvgIpc) is 2.72. The standard InChI is InChI=1S/C23H30N2O3/c1-5-16(2)17-6-8-20(9-7-17)24-23(26)15-25-11-10-18-12-21(27-3)22(28-4)13-19(18)14-25/h6-9,12-13,16H,5,10-11,14-15H2,1-4H3,(H,24,26)/t16-/m0/s1. The molecule has 1 heterocycles. The van der Waals surface area contributed by atoms with Gasteiger partial charge in [0.15, 0.2) is 11.5 Å². The van der Waals surface area contributed by atoms with Crippen molar-refractivity contribution in [3.05, 3.63) is 53.1 Å². The highest BCUT2D eigenvalue weighted by Gasteiger charge is 2.21. The van der Waals surface area contributed by atoms with Gasteiger partial charge >= 0.3 is 0 Å². The number of carbonyl (C=O) groups excluding carboxylic acids is 1. The monoisotopic (exact) mass is 382 g/mol. The third-order valence-corrected chi connectivity index (χ3v) is 5.54. The summed E-state index contributed by atoms with van der Waals surface area (Å²) in [6.45, 7) is 6.36. The number of carbonyl (C=O) groups is 1. The molecule has 5 heteroatoms. The maximum absolute atomic E-state index is 12.5. The Morgan fingerprint density at radius 2 is 1.75 bits per heavy atom. The molecule has 2 aromatic rings. The topological polar surface area (TPSA) is 50.8 Å². The number of rotatable bonds is 7. The second-order valence-corrected chi connectivity index (χ2v) is 7.42. The van der Waals surface area contributed by atoms with Crippen molar-refractivity contribution in [3.63, 3.8) is 0 Å². The summed E-state index contributed by atoms with van der Waals surface area (Å²) >= 11 is 0. The van der Waals surface area contributed by atoms with Crippen LogP contribution in [0.4, 0.5) is 5.69 Å². The van der Waals surface area contributed by atoms with Crippen molar-refractivity contribution in [3.8, 4) is 11.5 Å².